The van der Waals surface area contributed by atoms with Crippen LogP contribution >= 0.6 is 11.6 Å². The van der Waals surface area contributed by atoms with Gasteiger partial charge >= 0.3 is 6.09 Å². The predicted octanol–water partition coefficient (Wildman–Crippen LogP) is 6.92. The van der Waals surface area contributed by atoms with Gasteiger partial charge in [0.2, 0.25) is 5.91 Å². The van der Waals surface area contributed by atoms with E-state index in [4.69, 9.17) is 21.1 Å². The molecule has 0 spiro atoms. The fourth-order valence-corrected chi connectivity index (χ4v) is 5.76. The van der Waals surface area contributed by atoms with Gasteiger partial charge in [-0.3, -0.25) is 14.2 Å². The van der Waals surface area contributed by atoms with E-state index in [0.717, 1.165) is 36.6 Å². The van der Waals surface area contributed by atoms with Gasteiger partial charge in [-0.25, -0.2) is 4.79 Å². The maximum atomic E-state index is 13.5. The molecule has 42 heavy (non-hydrogen) atoms. The molecule has 1 aromatic heterocycles. The molecule has 1 saturated carbocycles. The molecule has 1 aliphatic rings. The molecule has 226 valence electrons. The minimum atomic E-state index is -0.563. The van der Waals surface area contributed by atoms with Gasteiger partial charge in [-0.2, -0.15) is 0 Å². The molecule has 2 aromatic carbocycles. The first kappa shape index (κ1) is 31.4. The van der Waals surface area contributed by atoms with Crippen molar-refractivity contribution in [3.63, 3.8) is 0 Å². The van der Waals surface area contributed by atoms with Crippen molar-refractivity contribution in [3.05, 3.63) is 64.3 Å². The molecule has 0 saturated heterocycles. The number of benzene rings is 2. The largest absolute Gasteiger partial charge is 0.497 e. The average molecular weight is 596 g/mol. The van der Waals surface area contributed by atoms with Gasteiger partial charge in [0, 0.05) is 40.8 Å². The van der Waals surface area contributed by atoms with Crippen LogP contribution in [-0.4, -0.2) is 59.2 Å². The summed E-state index contributed by atoms with van der Waals surface area (Å²) in [6.45, 7) is 8.43. The number of nitrogens with one attached hydrogen (secondary N) is 1. The van der Waals surface area contributed by atoms with E-state index in [1.165, 1.54) is 6.42 Å². The number of amides is 2. The third-order valence-electron chi connectivity index (χ3n) is 7.71. The Balaban J connectivity index is 1.46. The average Bonchev–Trinajstić information content (AvgIpc) is 3.22. The number of ether oxygens (including phenoxy) is 2. The molecule has 1 aliphatic carbocycles. The first-order chi connectivity index (χ1) is 20.0. The van der Waals surface area contributed by atoms with E-state index in [-0.39, 0.29) is 30.4 Å². The maximum absolute atomic E-state index is 13.5. The summed E-state index contributed by atoms with van der Waals surface area (Å²) in [6.07, 6.45) is 5.81. The van der Waals surface area contributed by atoms with Gasteiger partial charge in [0.1, 0.15) is 11.4 Å². The highest BCUT2D eigenvalue weighted by Crippen LogP contribution is 2.31. The van der Waals surface area contributed by atoms with E-state index >= 15 is 0 Å². The number of halogens is 1. The minimum Gasteiger partial charge on any atom is -0.497 e. The molecule has 1 N–H and O–H groups in total. The zero-order chi connectivity index (χ0) is 30.4. The van der Waals surface area contributed by atoms with E-state index in [0.29, 0.717) is 47.1 Å². The molecule has 0 atom stereocenters. The molecule has 4 rings (SSSR count). The van der Waals surface area contributed by atoms with Crippen LogP contribution in [0.5, 0.6) is 5.75 Å². The Hall–Kier alpha value is -3.52. The monoisotopic (exact) mass is 595 g/mol. The van der Waals surface area contributed by atoms with Gasteiger partial charge in [-0.05, 0) is 95.0 Å². The fourth-order valence-electron chi connectivity index (χ4n) is 5.63. The quantitative estimate of drug-likeness (QED) is 0.271. The van der Waals surface area contributed by atoms with Crippen molar-refractivity contribution in [3.8, 4) is 5.75 Å². The molecule has 9 heteroatoms. The second-order valence-electron chi connectivity index (χ2n) is 11.9. The van der Waals surface area contributed by atoms with Crippen molar-refractivity contribution in [2.24, 2.45) is 0 Å². The van der Waals surface area contributed by atoms with Crippen molar-refractivity contribution in [1.29, 1.82) is 0 Å². The first-order valence-corrected chi connectivity index (χ1v) is 15.1. The van der Waals surface area contributed by atoms with Crippen LogP contribution in [-0.2, 0) is 16.0 Å². The zero-order valence-corrected chi connectivity index (χ0v) is 26.1. The molecule has 3 aromatic rings. The van der Waals surface area contributed by atoms with Crippen LogP contribution in [0.2, 0.25) is 5.02 Å². The second kappa shape index (κ2) is 13.6. The van der Waals surface area contributed by atoms with E-state index in [9.17, 15) is 14.4 Å². The molecule has 8 nitrogen and oxygen atoms in total. The standard InChI is InChI=1S/C33H42ClN3O5/c1-22-27(28-20-26(41-5)16-17-29(28)37(22)31(39)23-12-14-24(34)15-13-23)21-30(38)35-18-9-19-36(25-10-7-6-8-11-25)32(40)42-33(2,3)4/h12-17,20,25H,6-11,18-19,21H2,1-5H3,(H,35,38). The van der Waals surface area contributed by atoms with E-state index in [2.05, 4.69) is 5.32 Å². The first-order valence-electron chi connectivity index (χ1n) is 14.7. The van der Waals surface area contributed by atoms with E-state index in [1.54, 1.807) is 42.0 Å². The van der Waals surface area contributed by atoms with Crippen molar-refractivity contribution >= 4 is 40.4 Å². The number of fused-ring (bicyclic) bond motifs is 1. The summed E-state index contributed by atoms with van der Waals surface area (Å²) in [6, 6.07) is 12.4. The minimum absolute atomic E-state index is 0.106. The van der Waals surface area contributed by atoms with Crippen LogP contribution in [0.15, 0.2) is 42.5 Å². The topological polar surface area (TPSA) is 89.9 Å². The Morgan fingerprint density at radius 3 is 2.38 bits per heavy atom. The van der Waals surface area contributed by atoms with Gasteiger partial charge in [-0.1, -0.05) is 30.9 Å². The Bertz CT molecular complexity index is 1420. The normalized spacial score (nSPS) is 14.0. The molecule has 0 aliphatic heterocycles. The van der Waals surface area contributed by atoms with Crippen molar-refractivity contribution in [2.75, 3.05) is 20.2 Å². The van der Waals surface area contributed by atoms with Gasteiger partial charge < -0.3 is 19.7 Å². The lowest BCUT2D eigenvalue weighted by Crippen LogP contribution is -2.45. The summed E-state index contributed by atoms with van der Waals surface area (Å²) in [4.78, 5) is 41.5. The molecule has 0 bridgehead atoms. The molecule has 2 amide bonds. The Labute approximate surface area is 253 Å². The van der Waals surface area contributed by atoms with Crippen LogP contribution in [0.1, 0.15) is 80.9 Å². The number of hydrogen-bond donors (Lipinski definition) is 1. The molecule has 0 radical (unpaired) electrons. The highest BCUT2D eigenvalue weighted by atomic mass is 35.5. The number of methoxy groups -OCH3 is 1. The lowest BCUT2D eigenvalue weighted by molar-refractivity contribution is -0.120. The van der Waals surface area contributed by atoms with E-state index in [1.807, 2.05) is 44.7 Å². The maximum Gasteiger partial charge on any atom is 0.410 e. The lowest BCUT2D eigenvalue weighted by atomic mass is 9.94. The molecule has 1 fully saturated rings. The Kier molecular flexibility index (Phi) is 10.2. The summed E-state index contributed by atoms with van der Waals surface area (Å²) in [5, 5.41) is 4.36. The smallest absolute Gasteiger partial charge is 0.410 e. The number of rotatable bonds is 9. The van der Waals surface area contributed by atoms with Crippen molar-refractivity contribution < 1.29 is 23.9 Å². The molecular formula is C33H42ClN3O5. The number of hydrogen-bond acceptors (Lipinski definition) is 5. The Morgan fingerprint density at radius 1 is 1.05 bits per heavy atom. The van der Waals surface area contributed by atoms with Gasteiger partial charge in [0.25, 0.3) is 5.91 Å². The summed E-state index contributed by atoms with van der Waals surface area (Å²) in [7, 11) is 1.59. The van der Waals surface area contributed by atoms with Crippen LogP contribution in [0.4, 0.5) is 4.79 Å². The van der Waals surface area contributed by atoms with Crippen molar-refractivity contribution in [2.45, 2.75) is 84.3 Å². The number of aromatic nitrogens is 1. The summed E-state index contributed by atoms with van der Waals surface area (Å²) in [5.41, 5.74) is 2.10. The SMILES string of the molecule is COc1ccc2c(c1)c(CC(=O)NCCCN(C(=O)OC(C)(C)C)C1CCCCC1)c(C)n2C(=O)c1ccc(Cl)cc1. The summed E-state index contributed by atoms with van der Waals surface area (Å²) < 4.78 is 12.8. The highest BCUT2D eigenvalue weighted by molar-refractivity contribution is 6.30. The number of carbonyl (C=O) groups is 3. The van der Waals surface area contributed by atoms with E-state index < -0.39 is 5.60 Å². The lowest BCUT2D eigenvalue weighted by Gasteiger charge is -2.35. The molecule has 0 unspecified atom stereocenters. The predicted molar refractivity (Wildman–Crippen MR) is 166 cm³/mol. The zero-order valence-electron chi connectivity index (χ0n) is 25.3. The van der Waals surface area contributed by atoms with Crippen LogP contribution in [0.25, 0.3) is 10.9 Å². The fraction of sp³-hybridized carbons (Fsp3) is 0.485. The number of carbonyl (C=O) groups excluding carboxylic acids is 3. The van der Waals surface area contributed by atoms with Gasteiger partial charge in [-0.15, -0.1) is 0 Å². The third-order valence-corrected chi connectivity index (χ3v) is 7.97. The summed E-state index contributed by atoms with van der Waals surface area (Å²) in [5.74, 6) is 0.293. The second-order valence-corrected chi connectivity index (χ2v) is 12.4. The Morgan fingerprint density at radius 2 is 1.74 bits per heavy atom. The highest BCUT2D eigenvalue weighted by Gasteiger charge is 2.29. The van der Waals surface area contributed by atoms with Crippen LogP contribution in [0.3, 0.4) is 0 Å². The van der Waals surface area contributed by atoms with Crippen molar-refractivity contribution in [1.82, 2.24) is 14.8 Å². The van der Waals surface area contributed by atoms with Crippen LogP contribution < -0.4 is 10.1 Å². The number of nitrogens with zero attached hydrogens (tertiary/aromatic N) is 2. The van der Waals surface area contributed by atoms with Gasteiger partial charge in [0.05, 0.1) is 19.0 Å². The summed E-state index contributed by atoms with van der Waals surface area (Å²) >= 11 is 6.03. The molecule has 1 heterocycles. The van der Waals surface area contributed by atoms with Crippen LogP contribution in [0, 0.1) is 6.92 Å². The third kappa shape index (κ3) is 7.65. The van der Waals surface area contributed by atoms with Gasteiger partial charge in [0.15, 0.2) is 0 Å². The molecular weight excluding hydrogens is 554 g/mol.